The van der Waals surface area contributed by atoms with Crippen molar-refractivity contribution in [3.8, 4) is 16.9 Å². The minimum Gasteiger partial charge on any atom is -0.464 e. The Bertz CT molecular complexity index is 1160. The lowest BCUT2D eigenvalue weighted by Crippen LogP contribution is -2.04. The Kier molecular flexibility index (Phi) is 3.42. The van der Waals surface area contributed by atoms with Crippen molar-refractivity contribution >= 4 is 11.0 Å². The second kappa shape index (κ2) is 5.62. The largest absolute Gasteiger partial charge is 0.464 e. The van der Waals surface area contributed by atoms with Gasteiger partial charge in [0, 0.05) is 17.3 Å². The molecule has 4 aromatic rings. The van der Waals surface area contributed by atoms with Crippen molar-refractivity contribution in [2.45, 2.75) is 13.8 Å². The first-order chi connectivity index (χ1) is 12.1. The van der Waals surface area contributed by atoms with Crippen molar-refractivity contribution in [2.75, 3.05) is 0 Å². The van der Waals surface area contributed by atoms with Crippen LogP contribution < -0.4 is 5.43 Å². The maximum Gasteiger partial charge on any atom is 0.238 e. The Morgan fingerprint density at radius 1 is 1.20 bits per heavy atom. The van der Waals surface area contributed by atoms with Crippen LogP contribution >= 0.6 is 0 Å². The second-order valence-corrected chi connectivity index (χ2v) is 5.71. The molecule has 0 radical (unpaired) electrons. The minimum absolute atomic E-state index is 0.0643. The molecule has 0 saturated carbocycles. The van der Waals surface area contributed by atoms with Crippen LogP contribution in [0.5, 0.6) is 0 Å². The van der Waals surface area contributed by atoms with Gasteiger partial charge >= 0.3 is 0 Å². The van der Waals surface area contributed by atoms with Crippen LogP contribution in [0.3, 0.4) is 0 Å². The Morgan fingerprint density at radius 3 is 2.84 bits per heavy atom. The van der Waals surface area contributed by atoms with Gasteiger partial charge in [0.05, 0.1) is 17.3 Å². The molecule has 0 spiro atoms. The van der Waals surface area contributed by atoms with Gasteiger partial charge in [0.1, 0.15) is 17.0 Å². The summed E-state index contributed by atoms with van der Waals surface area (Å²) >= 11 is 0. The summed E-state index contributed by atoms with van der Waals surface area (Å²) in [6.45, 7) is 3.49. The first-order valence-corrected chi connectivity index (χ1v) is 7.62. The summed E-state index contributed by atoms with van der Waals surface area (Å²) in [4.78, 5) is 15.8. The molecule has 0 amide bonds. The highest BCUT2D eigenvalue weighted by Crippen LogP contribution is 2.26. The summed E-state index contributed by atoms with van der Waals surface area (Å²) in [5, 5.41) is 8.68. The zero-order chi connectivity index (χ0) is 17.6. The predicted octanol–water partition coefficient (Wildman–Crippen LogP) is 3.19. The number of benzene rings is 1. The molecule has 0 saturated heterocycles. The lowest BCUT2D eigenvalue weighted by atomic mass is 10.1. The number of aromatic nitrogens is 4. The molecule has 1 aromatic carbocycles. The van der Waals surface area contributed by atoms with E-state index in [-0.39, 0.29) is 11.1 Å². The maximum absolute atomic E-state index is 13.9. The highest BCUT2D eigenvalue weighted by molar-refractivity contribution is 5.82. The third kappa shape index (κ3) is 2.40. The number of fused-ring (bicyclic) bond motifs is 1. The molecule has 0 bridgehead atoms. The highest BCUT2D eigenvalue weighted by atomic mass is 19.1. The van der Waals surface area contributed by atoms with E-state index in [1.54, 1.807) is 44.2 Å². The van der Waals surface area contributed by atoms with Gasteiger partial charge in [-0.3, -0.25) is 4.79 Å². The number of rotatable bonds is 2. The van der Waals surface area contributed by atoms with E-state index >= 15 is 0 Å². The van der Waals surface area contributed by atoms with Gasteiger partial charge in [-0.2, -0.15) is 4.39 Å². The lowest BCUT2D eigenvalue weighted by Gasteiger charge is -2.05. The van der Waals surface area contributed by atoms with Crippen LogP contribution in [0.1, 0.15) is 11.3 Å². The third-order valence-electron chi connectivity index (χ3n) is 4.08. The average molecular weight is 336 g/mol. The summed E-state index contributed by atoms with van der Waals surface area (Å²) in [6.07, 6.45) is 2.81. The number of aryl methyl sites for hydroxylation is 1. The molecule has 3 aromatic heterocycles. The fraction of sp³-hybridized carbons (Fsp3) is 0.111. The monoisotopic (exact) mass is 336 g/mol. The van der Waals surface area contributed by atoms with Gasteiger partial charge in [0.25, 0.3) is 0 Å². The lowest BCUT2D eigenvalue weighted by molar-refractivity contribution is 0.564. The Labute approximate surface area is 141 Å². The molecule has 4 rings (SSSR count). The van der Waals surface area contributed by atoms with E-state index in [9.17, 15) is 9.18 Å². The molecule has 0 atom stereocenters. The van der Waals surface area contributed by atoms with Crippen molar-refractivity contribution in [3.05, 3.63) is 70.2 Å². The smallest absolute Gasteiger partial charge is 0.238 e. The van der Waals surface area contributed by atoms with Gasteiger partial charge in [0.15, 0.2) is 5.43 Å². The van der Waals surface area contributed by atoms with Gasteiger partial charge in [0.2, 0.25) is 5.95 Å². The molecule has 0 aliphatic rings. The van der Waals surface area contributed by atoms with Crippen molar-refractivity contribution in [2.24, 2.45) is 0 Å². The van der Waals surface area contributed by atoms with Crippen LogP contribution in [0.15, 0.2) is 52.0 Å². The molecule has 0 unspecified atom stereocenters. The highest BCUT2D eigenvalue weighted by Gasteiger charge is 2.16. The van der Waals surface area contributed by atoms with Crippen LogP contribution in [-0.4, -0.2) is 20.0 Å². The van der Waals surface area contributed by atoms with Gasteiger partial charge in [-0.25, -0.2) is 9.67 Å². The van der Waals surface area contributed by atoms with Crippen molar-refractivity contribution in [1.29, 1.82) is 0 Å². The molecule has 0 fully saturated rings. The fourth-order valence-electron chi connectivity index (χ4n) is 2.73. The second-order valence-electron chi connectivity index (χ2n) is 5.71. The van der Waals surface area contributed by atoms with Crippen molar-refractivity contribution < 1.29 is 8.81 Å². The fourth-order valence-corrected chi connectivity index (χ4v) is 2.73. The Hall–Kier alpha value is -3.35. The van der Waals surface area contributed by atoms with Gasteiger partial charge < -0.3 is 4.42 Å². The molecular weight excluding hydrogens is 323 g/mol. The number of hydrogen-bond acceptors (Lipinski definition) is 5. The zero-order valence-corrected chi connectivity index (χ0v) is 13.5. The van der Waals surface area contributed by atoms with E-state index in [0.29, 0.717) is 27.9 Å². The van der Waals surface area contributed by atoms with Gasteiger partial charge in [-0.1, -0.05) is 11.3 Å². The van der Waals surface area contributed by atoms with Crippen LogP contribution in [0.2, 0.25) is 0 Å². The van der Waals surface area contributed by atoms with Gasteiger partial charge in [-0.15, -0.1) is 5.10 Å². The number of pyridine rings is 1. The summed E-state index contributed by atoms with van der Waals surface area (Å²) in [6, 6.07) is 8.42. The minimum atomic E-state index is -0.623. The predicted molar refractivity (Wildman–Crippen MR) is 90.1 cm³/mol. The first kappa shape index (κ1) is 15.2. The number of halogens is 1. The van der Waals surface area contributed by atoms with E-state index in [0.717, 1.165) is 5.56 Å². The standard InChI is InChI=1S/C18H13FN4O2/c1-10-9-25-15-8-12(5-6-13(15)17(10)24)16-11(2)23(22-21-16)14-4-3-7-20-18(14)19/h3-9H,1-2H3. The average Bonchev–Trinajstić information content (AvgIpc) is 3.00. The third-order valence-corrected chi connectivity index (χ3v) is 4.08. The normalized spacial score (nSPS) is 11.2. The summed E-state index contributed by atoms with van der Waals surface area (Å²) < 4.78 is 20.8. The van der Waals surface area contributed by atoms with E-state index in [1.165, 1.54) is 17.1 Å². The molecule has 6 nitrogen and oxygen atoms in total. The van der Waals surface area contributed by atoms with Crippen LogP contribution in [0.25, 0.3) is 27.9 Å². The van der Waals surface area contributed by atoms with Gasteiger partial charge in [-0.05, 0) is 38.1 Å². The van der Waals surface area contributed by atoms with Crippen molar-refractivity contribution in [1.82, 2.24) is 20.0 Å². The first-order valence-electron chi connectivity index (χ1n) is 7.62. The number of nitrogens with zero attached hydrogens (tertiary/aromatic N) is 4. The molecule has 0 aliphatic heterocycles. The topological polar surface area (TPSA) is 73.8 Å². The Balaban J connectivity index is 1.86. The number of hydrogen-bond donors (Lipinski definition) is 0. The summed E-state index contributed by atoms with van der Waals surface area (Å²) in [5.74, 6) is -0.623. The molecule has 7 heteroatoms. The molecule has 124 valence electrons. The summed E-state index contributed by atoms with van der Waals surface area (Å²) in [5.41, 5.74) is 3.14. The molecule has 25 heavy (non-hydrogen) atoms. The van der Waals surface area contributed by atoms with Crippen LogP contribution in [0, 0.1) is 19.8 Å². The van der Waals surface area contributed by atoms with E-state index in [1.807, 2.05) is 0 Å². The SMILES string of the molecule is Cc1coc2cc(-c3nnn(-c4cccnc4F)c3C)ccc2c1=O. The Morgan fingerprint density at radius 2 is 2.04 bits per heavy atom. The summed E-state index contributed by atoms with van der Waals surface area (Å²) in [7, 11) is 0. The maximum atomic E-state index is 13.9. The van der Waals surface area contributed by atoms with Crippen LogP contribution in [-0.2, 0) is 0 Å². The van der Waals surface area contributed by atoms with Crippen LogP contribution in [0.4, 0.5) is 4.39 Å². The van der Waals surface area contributed by atoms with E-state index in [4.69, 9.17) is 4.42 Å². The molecular formula is C18H13FN4O2. The molecule has 0 N–H and O–H groups in total. The van der Waals surface area contributed by atoms with Crippen molar-refractivity contribution in [3.63, 3.8) is 0 Å². The quantitative estimate of drug-likeness (QED) is 0.526. The van der Waals surface area contributed by atoms with E-state index < -0.39 is 5.95 Å². The van der Waals surface area contributed by atoms with E-state index in [2.05, 4.69) is 15.3 Å². The molecule has 0 aliphatic carbocycles. The zero-order valence-electron chi connectivity index (χ0n) is 13.5. The molecule has 3 heterocycles.